The van der Waals surface area contributed by atoms with Crippen molar-refractivity contribution < 1.29 is 9.47 Å². The molecule has 0 saturated carbocycles. The van der Waals surface area contributed by atoms with Crippen molar-refractivity contribution in [3.05, 3.63) is 30.1 Å². The Morgan fingerprint density at radius 1 is 1.10 bits per heavy atom. The molecule has 4 N–H and O–H groups in total. The van der Waals surface area contributed by atoms with Crippen LogP contribution < -0.4 is 26.1 Å². The minimum atomic E-state index is 0.412. The van der Waals surface area contributed by atoms with Crippen LogP contribution in [-0.4, -0.2) is 24.2 Å². The number of hydrogen-bond acceptors (Lipinski definition) is 7. The number of benzene rings is 1. The average molecular weight is 275 g/mol. The third-order valence-electron chi connectivity index (χ3n) is 2.80. The Labute approximate surface area is 117 Å². The Bertz CT molecular complexity index is 603. The van der Waals surface area contributed by atoms with E-state index in [1.165, 1.54) is 13.4 Å². The van der Waals surface area contributed by atoms with E-state index in [-0.39, 0.29) is 0 Å². The van der Waals surface area contributed by atoms with Crippen LogP contribution in [0, 0.1) is 6.92 Å². The highest BCUT2D eigenvalue weighted by Crippen LogP contribution is 2.31. The quantitative estimate of drug-likeness (QED) is 0.566. The Kier molecular flexibility index (Phi) is 4.21. The summed E-state index contributed by atoms with van der Waals surface area (Å²) in [6.07, 6.45) is 1.40. The molecule has 0 spiro atoms. The molecule has 0 saturated heterocycles. The predicted molar refractivity (Wildman–Crippen MR) is 77.4 cm³/mol. The van der Waals surface area contributed by atoms with Crippen molar-refractivity contribution in [1.29, 1.82) is 0 Å². The normalized spacial score (nSPS) is 10.0. The van der Waals surface area contributed by atoms with Gasteiger partial charge >= 0.3 is 0 Å². The van der Waals surface area contributed by atoms with Gasteiger partial charge in [-0.15, -0.1) is 0 Å². The van der Waals surface area contributed by atoms with E-state index < -0.39 is 0 Å². The van der Waals surface area contributed by atoms with E-state index in [4.69, 9.17) is 15.3 Å². The zero-order valence-electron chi connectivity index (χ0n) is 11.6. The van der Waals surface area contributed by atoms with E-state index in [1.54, 1.807) is 7.11 Å². The van der Waals surface area contributed by atoms with Crippen molar-refractivity contribution in [3.8, 4) is 11.5 Å². The lowest BCUT2D eigenvalue weighted by Crippen LogP contribution is -2.11. The number of methoxy groups -OCH3 is 2. The molecule has 0 unspecified atom stereocenters. The highest BCUT2D eigenvalue weighted by Gasteiger charge is 2.11. The summed E-state index contributed by atoms with van der Waals surface area (Å²) >= 11 is 0. The Hall–Kier alpha value is -2.54. The Morgan fingerprint density at radius 3 is 2.45 bits per heavy atom. The molecule has 106 valence electrons. The molecular weight excluding hydrogens is 258 g/mol. The molecule has 1 aromatic carbocycles. The lowest BCUT2D eigenvalue weighted by molar-refractivity contribution is 0.411. The van der Waals surface area contributed by atoms with Crippen LogP contribution in [0.1, 0.15) is 5.56 Å². The molecule has 2 aromatic rings. The first-order valence-corrected chi connectivity index (χ1v) is 5.97. The van der Waals surface area contributed by atoms with E-state index in [1.807, 2.05) is 25.1 Å². The molecule has 1 heterocycles. The zero-order chi connectivity index (χ0) is 14.5. The number of nitrogens with zero attached hydrogens (tertiary/aromatic N) is 2. The standard InChI is InChI=1S/C13H17N5O2/c1-8-6-9(4-5-10(8)19-2)17-12-11(20-3)13(18-14)16-7-15-12/h4-7H,14H2,1-3H3,(H2,15,16,17,18). The molecule has 0 aliphatic rings. The zero-order valence-corrected chi connectivity index (χ0v) is 11.6. The Balaban J connectivity index is 2.32. The number of aromatic nitrogens is 2. The number of nitrogen functional groups attached to an aromatic ring is 1. The number of hydrazine groups is 1. The molecule has 7 heteroatoms. The largest absolute Gasteiger partial charge is 0.496 e. The molecule has 0 aliphatic carbocycles. The minimum Gasteiger partial charge on any atom is -0.496 e. The topological polar surface area (TPSA) is 94.3 Å². The second kappa shape index (κ2) is 6.07. The van der Waals surface area contributed by atoms with Crippen LogP contribution in [-0.2, 0) is 0 Å². The van der Waals surface area contributed by atoms with Crippen molar-refractivity contribution in [1.82, 2.24) is 9.97 Å². The van der Waals surface area contributed by atoms with E-state index in [0.29, 0.717) is 17.4 Å². The van der Waals surface area contributed by atoms with Crippen molar-refractivity contribution in [2.24, 2.45) is 5.84 Å². The van der Waals surface area contributed by atoms with Gasteiger partial charge in [-0.05, 0) is 30.7 Å². The lowest BCUT2D eigenvalue weighted by Gasteiger charge is -2.13. The van der Waals surface area contributed by atoms with Gasteiger partial charge in [-0.1, -0.05) is 0 Å². The van der Waals surface area contributed by atoms with E-state index >= 15 is 0 Å². The van der Waals surface area contributed by atoms with Crippen LogP contribution >= 0.6 is 0 Å². The van der Waals surface area contributed by atoms with Gasteiger partial charge in [0.2, 0.25) is 5.75 Å². The van der Waals surface area contributed by atoms with Gasteiger partial charge in [-0.3, -0.25) is 0 Å². The van der Waals surface area contributed by atoms with Crippen LogP contribution in [0.15, 0.2) is 24.5 Å². The summed E-state index contributed by atoms with van der Waals surface area (Å²) in [5.74, 6) is 7.60. The number of anilines is 3. The number of aryl methyl sites for hydroxylation is 1. The molecule has 7 nitrogen and oxygen atoms in total. The van der Waals surface area contributed by atoms with Crippen LogP contribution in [0.3, 0.4) is 0 Å². The summed E-state index contributed by atoms with van der Waals surface area (Å²) in [6.45, 7) is 1.97. The van der Waals surface area contributed by atoms with Crippen molar-refractivity contribution >= 4 is 17.3 Å². The van der Waals surface area contributed by atoms with Crippen molar-refractivity contribution in [3.63, 3.8) is 0 Å². The first-order chi connectivity index (χ1) is 9.69. The van der Waals surface area contributed by atoms with Gasteiger partial charge in [0.15, 0.2) is 11.6 Å². The summed E-state index contributed by atoms with van der Waals surface area (Å²) < 4.78 is 10.5. The highest BCUT2D eigenvalue weighted by molar-refractivity contribution is 5.69. The molecule has 0 amide bonds. The van der Waals surface area contributed by atoms with Crippen LogP contribution in [0.4, 0.5) is 17.3 Å². The fourth-order valence-corrected chi connectivity index (χ4v) is 1.85. The fraction of sp³-hybridized carbons (Fsp3) is 0.231. The van der Waals surface area contributed by atoms with Crippen molar-refractivity contribution in [2.75, 3.05) is 25.0 Å². The fourth-order valence-electron chi connectivity index (χ4n) is 1.85. The van der Waals surface area contributed by atoms with E-state index in [9.17, 15) is 0 Å². The molecule has 20 heavy (non-hydrogen) atoms. The van der Waals surface area contributed by atoms with E-state index in [0.717, 1.165) is 17.0 Å². The van der Waals surface area contributed by atoms with Gasteiger partial charge < -0.3 is 20.2 Å². The second-order valence-electron chi connectivity index (χ2n) is 4.06. The van der Waals surface area contributed by atoms with Gasteiger partial charge in [0.05, 0.1) is 14.2 Å². The second-order valence-corrected chi connectivity index (χ2v) is 4.06. The summed E-state index contributed by atoms with van der Waals surface area (Å²) in [6, 6.07) is 5.73. The first kappa shape index (κ1) is 13.9. The van der Waals surface area contributed by atoms with Gasteiger partial charge in [0, 0.05) is 5.69 Å². The maximum absolute atomic E-state index is 5.39. The van der Waals surface area contributed by atoms with Gasteiger partial charge in [0.25, 0.3) is 0 Å². The first-order valence-electron chi connectivity index (χ1n) is 5.97. The summed E-state index contributed by atoms with van der Waals surface area (Å²) in [4.78, 5) is 8.13. The third kappa shape index (κ3) is 2.72. The molecule has 0 bridgehead atoms. The van der Waals surface area contributed by atoms with Crippen LogP contribution in [0.5, 0.6) is 11.5 Å². The number of nitrogens with two attached hydrogens (primary N) is 1. The number of ether oxygens (including phenoxy) is 2. The molecule has 0 fully saturated rings. The maximum Gasteiger partial charge on any atom is 0.205 e. The molecule has 0 atom stereocenters. The SMILES string of the molecule is COc1ccc(Nc2ncnc(NN)c2OC)cc1C. The lowest BCUT2D eigenvalue weighted by atomic mass is 10.2. The summed E-state index contributed by atoms with van der Waals surface area (Å²) in [5, 5.41) is 3.16. The third-order valence-corrected chi connectivity index (χ3v) is 2.80. The van der Waals surface area contributed by atoms with Gasteiger partial charge in [0.1, 0.15) is 12.1 Å². The molecule has 0 radical (unpaired) electrons. The van der Waals surface area contributed by atoms with Crippen molar-refractivity contribution in [2.45, 2.75) is 6.92 Å². The molecule has 1 aromatic heterocycles. The number of rotatable bonds is 5. The summed E-state index contributed by atoms with van der Waals surface area (Å²) in [7, 11) is 3.17. The molecule has 0 aliphatic heterocycles. The summed E-state index contributed by atoms with van der Waals surface area (Å²) in [5.41, 5.74) is 4.35. The van der Waals surface area contributed by atoms with E-state index in [2.05, 4.69) is 20.7 Å². The highest BCUT2D eigenvalue weighted by atomic mass is 16.5. The van der Waals surface area contributed by atoms with Crippen LogP contribution in [0.25, 0.3) is 0 Å². The molecule has 2 rings (SSSR count). The molecular formula is C13H17N5O2. The monoisotopic (exact) mass is 275 g/mol. The van der Waals surface area contributed by atoms with Gasteiger partial charge in [-0.25, -0.2) is 15.8 Å². The maximum atomic E-state index is 5.39. The average Bonchev–Trinajstić information content (AvgIpc) is 2.47. The minimum absolute atomic E-state index is 0.412. The Morgan fingerprint density at radius 2 is 1.85 bits per heavy atom. The number of nitrogens with one attached hydrogen (secondary N) is 2. The van der Waals surface area contributed by atoms with Gasteiger partial charge in [-0.2, -0.15) is 0 Å². The predicted octanol–water partition coefficient (Wildman–Crippen LogP) is 1.83. The smallest absolute Gasteiger partial charge is 0.205 e. The van der Waals surface area contributed by atoms with Crippen LogP contribution in [0.2, 0.25) is 0 Å². The number of hydrogen-bond donors (Lipinski definition) is 3.